The van der Waals surface area contributed by atoms with Gasteiger partial charge in [-0.3, -0.25) is 0 Å². The molecule has 0 amide bonds. The van der Waals surface area contributed by atoms with Crippen molar-refractivity contribution in [3.05, 3.63) is 126 Å². The average Bonchev–Trinajstić information content (AvgIpc) is 3.56. The second kappa shape index (κ2) is 12.2. The molecule has 1 aliphatic heterocycles. The number of anilines is 1. The Bertz CT molecular complexity index is 1550. The van der Waals surface area contributed by atoms with E-state index in [0.29, 0.717) is 37.5 Å². The third kappa shape index (κ3) is 5.87. The van der Waals surface area contributed by atoms with Crippen LogP contribution in [0.25, 0.3) is 11.1 Å². The molecule has 6 rings (SSSR count). The predicted octanol–water partition coefficient (Wildman–Crippen LogP) is 6.02. The maximum absolute atomic E-state index is 6.77. The maximum Gasteiger partial charge on any atom is 0.194 e. The van der Waals surface area contributed by atoms with E-state index in [1.807, 2.05) is 97.9 Å². The fourth-order valence-electron chi connectivity index (χ4n) is 5.35. The quantitative estimate of drug-likeness (QED) is 0.213. The van der Waals surface area contributed by atoms with Crippen LogP contribution in [0.15, 0.2) is 108 Å². The van der Waals surface area contributed by atoms with Crippen LogP contribution in [0.5, 0.6) is 0 Å². The van der Waals surface area contributed by atoms with Crippen LogP contribution in [0.1, 0.15) is 35.3 Å². The highest BCUT2D eigenvalue weighted by Gasteiger charge is 2.57. The van der Waals surface area contributed by atoms with Crippen molar-refractivity contribution in [2.45, 2.75) is 50.7 Å². The molecule has 0 spiro atoms. The van der Waals surface area contributed by atoms with Gasteiger partial charge >= 0.3 is 0 Å². The van der Waals surface area contributed by atoms with E-state index in [0.717, 1.165) is 22.3 Å². The number of ether oxygens (including phenoxy) is 4. The smallest absolute Gasteiger partial charge is 0.194 e. The number of hydrogen-bond donors (Lipinski definition) is 1. The number of aromatic nitrogens is 2. The van der Waals surface area contributed by atoms with Crippen LogP contribution in [-0.4, -0.2) is 34.4 Å². The first kappa shape index (κ1) is 27.1. The van der Waals surface area contributed by atoms with Crippen molar-refractivity contribution in [3.8, 4) is 0 Å². The van der Waals surface area contributed by atoms with Crippen LogP contribution < -0.4 is 5.73 Å². The van der Waals surface area contributed by atoms with E-state index in [-0.39, 0.29) is 5.82 Å². The zero-order valence-electron chi connectivity index (χ0n) is 22.9. The summed E-state index contributed by atoms with van der Waals surface area (Å²) in [5, 5.41) is 0. The molecular formula is C33H33N3O5. The molecule has 0 radical (unpaired) electrons. The van der Waals surface area contributed by atoms with E-state index < -0.39 is 23.9 Å². The second-order valence-electron chi connectivity index (χ2n) is 10.4. The lowest BCUT2D eigenvalue weighted by atomic mass is 9.88. The van der Waals surface area contributed by atoms with Gasteiger partial charge in [-0.1, -0.05) is 91.0 Å². The Labute approximate surface area is 239 Å². The normalized spacial score (nSPS) is 22.3. The summed E-state index contributed by atoms with van der Waals surface area (Å²) in [7, 11) is 0. The molecule has 4 atom stereocenters. The number of nitrogens with two attached hydrogens (primary N) is 1. The van der Waals surface area contributed by atoms with Crippen molar-refractivity contribution in [3.63, 3.8) is 0 Å². The highest BCUT2D eigenvalue weighted by molar-refractivity contribution is 5.85. The van der Waals surface area contributed by atoms with Gasteiger partial charge in [-0.2, -0.15) is 0 Å². The minimum absolute atomic E-state index is 0.269. The molecule has 5 aromatic rings. The van der Waals surface area contributed by atoms with E-state index in [2.05, 4.69) is 9.97 Å². The van der Waals surface area contributed by atoms with E-state index >= 15 is 0 Å². The van der Waals surface area contributed by atoms with Crippen molar-refractivity contribution < 1.29 is 23.4 Å². The Morgan fingerprint density at radius 2 is 1.41 bits per heavy atom. The third-order valence-corrected chi connectivity index (χ3v) is 7.48. The molecule has 3 heterocycles. The van der Waals surface area contributed by atoms with Crippen LogP contribution in [0.3, 0.4) is 0 Å². The SMILES string of the molecule is C[C@@]1(OCc2ccccc2)[C@H](OCc2ccccc2)[C@@H](COCc2ccccc2)O[C@H]1c1coc2c(N)ncnc12. The monoisotopic (exact) mass is 551 g/mol. The third-order valence-electron chi connectivity index (χ3n) is 7.48. The molecule has 210 valence electrons. The van der Waals surface area contributed by atoms with Gasteiger partial charge < -0.3 is 29.1 Å². The Kier molecular flexibility index (Phi) is 8.07. The maximum atomic E-state index is 6.77. The predicted molar refractivity (Wildman–Crippen MR) is 155 cm³/mol. The molecular weight excluding hydrogens is 518 g/mol. The summed E-state index contributed by atoms with van der Waals surface area (Å²) in [6.07, 6.45) is 1.57. The van der Waals surface area contributed by atoms with Gasteiger partial charge in [0.15, 0.2) is 11.4 Å². The van der Waals surface area contributed by atoms with E-state index in [1.54, 1.807) is 6.26 Å². The van der Waals surface area contributed by atoms with Gasteiger partial charge in [0.2, 0.25) is 0 Å². The summed E-state index contributed by atoms with van der Waals surface area (Å²) in [5.74, 6) is 0.269. The molecule has 0 aliphatic carbocycles. The molecule has 8 nitrogen and oxygen atoms in total. The summed E-state index contributed by atoms with van der Waals surface area (Å²) >= 11 is 0. The number of fused-ring (bicyclic) bond motifs is 1. The van der Waals surface area contributed by atoms with E-state index in [1.165, 1.54) is 6.33 Å². The molecule has 1 saturated heterocycles. The average molecular weight is 552 g/mol. The minimum Gasteiger partial charge on any atom is -0.458 e. The summed E-state index contributed by atoms with van der Waals surface area (Å²) in [6, 6.07) is 30.2. The Morgan fingerprint density at radius 1 is 0.805 bits per heavy atom. The summed E-state index contributed by atoms with van der Waals surface area (Å²) in [6.45, 7) is 3.55. The lowest BCUT2D eigenvalue weighted by Gasteiger charge is -2.35. The first-order chi connectivity index (χ1) is 20.1. The van der Waals surface area contributed by atoms with Gasteiger partial charge in [-0.25, -0.2) is 9.97 Å². The molecule has 2 N–H and O–H groups in total. The van der Waals surface area contributed by atoms with Crippen LogP contribution in [0, 0.1) is 0 Å². The van der Waals surface area contributed by atoms with Crippen molar-refractivity contribution in [2.24, 2.45) is 0 Å². The van der Waals surface area contributed by atoms with Crippen molar-refractivity contribution in [1.29, 1.82) is 0 Å². The van der Waals surface area contributed by atoms with Crippen LogP contribution in [0.4, 0.5) is 5.82 Å². The molecule has 8 heteroatoms. The van der Waals surface area contributed by atoms with Crippen molar-refractivity contribution in [1.82, 2.24) is 9.97 Å². The number of nitrogen functional groups attached to an aromatic ring is 1. The molecule has 2 aromatic heterocycles. The Morgan fingerprint density at radius 3 is 2.07 bits per heavy atom. The van der Waals surface area contributed by atoms with Gasteiger partial charge in [0, 0.05) is 5.56 Å². The molecule has 0 bridgehead atoms. The van der Waals surface area contributed by atoms with Gasteiger partial charge in [-0.15, -0.1) is 0 Å². The van der Waals surface area contributed by atoms with E-state index in [9.17, 15) is 0 Å². The zero-order chi connectivity index (χ0) is 28.1. The van der Waals surface area contributed by atoms with Crippen molar-refractivity contribution in [2.75, 3.05) is 12.3 Å². The molecule has 1 fully saturated rings. The standard InChI is InChI=1S/C33H33N3O5/c1-33(40-19-25-15-9-4-10-16-25)30(26-20-38-29-28(26)35-22-36-32(29)34)41-27(21-37-17-23-11-5-2-6-12-23)31(33)39-18-24-13-7-3-8-14-24/h2-16,20,22,27,30-31H,17-19,21H2,1H3,(H2,34,35,36)/t27-,30+,31-,33+/m1/s1. The number of rotatable bonds is 11. The number of furan rings is 1. The molecule has 0 unspecified atom stereocenters. The topological polar surface area (TPSA) is 102 Å². The second-order valence-corrected chi connectivity index (χ2v) is 10.4. The Balaban J connectivity index is 1.34. The van der Waals surface area contributed by atoms with Gasteiger partial charge in [0.1, 0.15) is 35.8 Å². The number of nitrogens with zero attached hydrogens (tertiary/aromatic N) is 2. The van der Waals surface area contributed by atoms with Crippen LogP contribution >= 0.6 is 0 Å². The molecule has 3 aromatic carbocycles. The van der Waals surface area contributed by atoms with Gasteiger partial charge in [0.25, 0.3) is 0 Å². The highest BCUT2D eigenvalue weighted by Crippen LogP contribution is 2.48. The first-order valence-electron chi connectivity index (χ1n) is 13.7. The summed E-state index contributed by atoms with van der Waals surface area (Å²) in [5.41, 5.74) is 10.1. The molecule has 0 saturated carbocycles. The fourth-order valence-corrected chi connectivity index (χ4v) is 5.35. The van der Waals surface area contributed by atoms with Gasteiger partial charge in [0.05, 0.1) is 32.7 Å². The molecule has 1 aliphatic rings. The zero-order valence-corrected chi connectivity index (χ0v) is 22.9. The Hall–Kier alpha value is -4.08. The minimum atomic E-state index is -0.929. The number of hydrogen-bond acceptors (Lipinski definition) is 8. The summed E-state index contributed by atoms with van der Waals surface area (Å²) in [4.78, 5) is 8.56. The lowest BCUT2D eigenvalue weighted by Crippen LogP contribution is -2.47. The van der Waals surface area contributed by atoms with E-state index in [4.69, 9.17) is 29.1 Å². The number of benzene rings is 3. The van der Waals surface area contributed by atoms with Crippen LogP contribution in [0.2, 0.25) is 0 Å². The molecule has 41 heavy (non-hydrogen) atoms. The van der Waals surface area contributed by atoms with Gasteiger partial charge in [-0.05, 0) is 23.6 Å². The summed E-state index contributed by atoms with van der Waals surface area (Å²) < 4.78 is 32.2. The van der Waals surface area contributed by atoms with Crippen LogP contribution in [-0.2, 0) is 38.8 Å². The van der Waals surface area contributed by atoms with Crippen molar-refractivity contribution >= 4 is 16.9 Å². The highest BCUT2D eigenvalue weighted by atomic mass is 16.6. The fraction of sp³-hybridized carbons (Fsp3) is 0.273. The first-order valence-corrected chi connectivity index (χ1v) is 13.7. The lowest BCUT2D eigenvalue weighted by molar-refractivity contribution is -0.147. The largest absolute Gasteiger partial charge is 0.458 e.